The quantitative estimate of drug-likeness (QED) is 0.312. The lowest BCUT2D eigenvalue weighted by Gasteiger charge is -2.35. The van der Waals surface area contributed by atoms with Gasteiger partial charge in [-0.25, -0.2) is 0 Å². The van der Waals surface area contributed by atoms with Gasteiger partial charge in [0.1, 0.15) is 0 Å². The predicted octanol–water partition coefficient (Wildman–Crippen LogP) is -1.65. The zero-order valence-corrected chi connectivity index (χ0v) is 9.73. The van der Waals surface area contributed by atoms with Gasteiger partial charge in [0.15, 0.2) is 0 Å². The molecule has 8 heteroatoms. The first-order chi connectivity index (χ1) is 7.50. The maximum atomic E-state index is 10.6. The van der Waals surface area contributed by atoms with Crippen molar-refractivity contribution in [3.63, 3.8) is 0 Å². The molecule has 0 rings (SSSR count). The lowest BCUT2D eigenvalue weighted by Crippen LogP contribution is -2.53. The van der Waals surface area contributed by atoms with Gasteiger partial charge < -0.3 is 21.1 Å². The zero-order chi connectivity index (χ0) is 12.6. The van der Waals surface area contributed by atoms with Crippen LogP contribution in [0.5, 0.6) is 0 Å². The van der Waals surface area contributed by atoms with Crippen LogP contribution >= 0.6 is 0 Å². The molecule has 0 fully saturated rings. The highest BCUT2D eigenvalue weighted by Gasteiger charge is 2.36. The van der Waals surface area contributed by atoms with Crippen molar-refractivity contribution in [2.75, 3.05) is 19.8 Å². The molecule has 0 saturated carbocycles. The monoisotopic (exact) mass is 257 g/mol. The second-order valence-corrected chi connectivity index (χ2v) is 4.12. The highest BCUT2D eigenvalue weighted by atomic mass is 32.2. The lowest BCUT2D eigenvalue weighted by molar-refractivity contribution is 0.0517. The lowest BCUT2D eigenvalue weighted by atomic mass is 9.85. The van der Waals surface area contributed by atoms with Crippen LogP contribution in [-0.2, 0) is 15.5 Å². The smallest absolute Gasteiger partial charge is 0.302 e. The van der Waals surface area contributed by atoms with Crippen molar-refractivity contribution in [2.45, 2.75) is 30.9 Å². The van der Waals surface area contributed by atoms with Gasteiger partial charge in [0.05, 0.1) is 6.10 Å². The van der Waals surface area contributed by atoms with Crippen molar-refractivity contribution in [1.82, 2.24) is 0 Å². The molecule has 7 nitrogen and oxygen atoms in total. The molecule has 16 heavy (non-hydrogen) atoms. The first kappa shape index (κ1) is 15.9. The van der Waals surface area contributed by atoms with E-state index in [2.05, 4.69) is 4.18 Å². The topological polar surface area (TPSA) is 133 Å². The highest BCUT2D eigenvalue weighted by molar-refractivity contribution is 7.74. The van der Waals surface area contributed by atoms with Gasteiger partial charge in [0.25, 0.3) is 0 Å². The molecule has 2 unspecified atom stereocenters. The Morgan fingerprint density at radius 3 is 2.00 bits per heavy atom. The predicted molar refractivity (Wildman–Crippen MR) is 57.7 cm³/mol. The molecule has 0 aliphatic rings. The van der Waals surface area contributed by atoms with E-state index in [0.717, 1.165) is 0 Å². The number of aliphatic hydroxyl groups is 3. The number of nitrogens with two attached hydrogens (primary N) is 1. The Hall–Kier alpha value is -0.0900. The fourth-order valence-corrected chi connectivity index (χ4v) is 2.00. The van der Waals surface area contributed by atoms with Crippen molar-refractivity contribution >= 4 is 11.4 Å². The molecule has 0 radical (unpaired) electrons. The molecule has 0 aromatic heterocycles. The molecule has 0 bridgehead atoms. The maximum absolute atomic E-state index is 10.6. The van der Waals surface area contributed by atoms with E-state index in [4.69, 9.17) is 25.6 Å². The van der Waals surface area contributed by atoms with Crippen LogP contribution in [0.2, 0.25) is 0 Å². The van der Waals surface area contributed by atoms with Gasteiger partial charge >= 0.3 is 11.4 Å². The molecule has 0 aromatic rings. The van der Waals surface area contributed by atoms with Gasteiger partial charge in [-0.15, -0.1) is 0 Å². The van der Waals surface area contributed by atoms with E-state index in [1.165, 1.54) is 0 Å². The van der Waals surface area contributed by atoms with E-state index in [0.29, 0.717) is 0 Å². The zero-order valence-electron chi connectivity index (χ0n) is 8.91. The van der Waals surface area contributed by atoms with Crippen LogP contribution in [0.4, 0.5) is 0 Å². The molecule has 0 aromatic carbocycles. The molecule has 0 aliphatic carbocycles. The van der Waals surface area contributed by atoms with Crippen LogP contribution in [0.25, 0.3) is 0 Å². The molecule has 0 spiro atoms. The van der Waals surface area contributed by atoms with Crippen LogP contribution < -0.4 is 5.73 Å². The summed E-state index contributed by atoms with van der Waals surface area (Å²) in [5.74, 6) is 0. The van der Waals surface area contributed by atoms with Gasteiger partial charge in [-0.05, 0) is 19.3 Å². The Kier molecular flexibility index (Phi) is 8.02. The standard InChI is InChI=1S/C8H19NO6S/c9-8(2-5-11,3-6-12)7(1-4-10)15-16(13)14/h7,10-12H,1-6,9H2,(H,13,14). The van der Waals surface area contributed by atoms with E-state index in [-0.39, 0.29) is 39.1 Å². The SMILES string of the molecule is NC(CCO)(CCO)C(CCO)OS(=O)O. The number of aliphatic hydroxyl groups excluding tert-OH is 3. The Morgan fingerprint density at radius 1 is 1.19 bits per heavy atom. The third-order valence-corrected chi connectivity index (χ3v) is 2.78. The minimum atomic E-state index is -2.51. The Labute approximate surface area is 96.7 Å². The fourth-order valence-electron chi connectivity index (χ4n) is 1.51. The normalized spacial score (nSPS) is 16.1. The molecular formula is C8H19NO6S. The largest absolute Gasteiger partial charge is 0.396 e. The summed E-state index contributed by atoms with van der Waals surface area (Å²) in [6.07, 6.45) is -0.629. The third kappa shape index (κ3) is 5.30. The summed E-state index contributed by atoms with van der Waals surface area (Å²) in [6, 6.07) is 0. The molecule has 0 saturated heterocycles. The average molecular weight is 257 g/mol. The van der Waals surface area contributed by atoms with Gasteiger partial charge in [-0.3, -0.25) is 8.74 Å². The van der Waals surface area contributed by atoms with E-state index in [9.17, 15) is 4.21 Å². The van der Waals surface area contributed by atoms with Gasteiger partial charge in [0, 0.05) is 25.4 Å². The van der Waals surface area contributed by atoms with Crippen LogP contribution in [0.3, 0.4) is 0 Å². The summed E-state index contributed by atoms with van der Waals surface area (Å²) in [5.41, 5.74) is 4.76. The van der Waals surface area contributed by atoms with E-state index in [1.54, 1.807) is 0 Å². The summed E-state index contributed by atoms with van der Waals surface area (Å²) in [7, 11) is 0. The Bertz CT molecular complexity index is 209. The van der Waals surface area contributed by atoms with Crippen molar-refractivity contribution in [3.8, 4) is 0 Å². The van der Waals surface area contributed by atoms with Crippen molar-refractivity contribution in [1.29, 1.82) is 0 Å². The van der Waals surface area contributed by atoms with Gasteiger partial charge in [-0.1, -0.05) is 0 Å². The van der Waals surface area contributed by atoms with Crippen molar-refractivity contribution in [3.05, 3.63) is 0 Å². The molecule has 0 aliphatic heterocycles. The molecule has 98 valence electrons. The third-order valence-electron chi connectivity index (χ3n) is 2.39. The number of rotatable bonds is 9. The summed E-state index contributed by atoms with van der Waals surface area (Å²) in [5, 5.41) is 26.5. The molecule has 0 amide bonds. The van der Waals surface area contributed by atoms with Crippen LogP contribution in [-0.4, -0.2) is 55.5 Å². The van der Waals surface area contributed by atoms with E-state index in [1.807, 2.05) is 0 Å². The molecular weight excluding hydrogens is 238 g/mol. The minimum Gasteiger partial charge on any atom is -0.396 e. The first-order valence-corrected chi connectivity index (χ1v) is 5.92. The Morgan fingerprint density at radius 2 is 1.69 bits per heavy atom. The van der Waals surface area contributed by atoms with Crippen LogP contribution in [0.15, 0.2) is 0 Å². The van der Waals surface area contributed by atoms with E-state index >= 15 is 0 Å². The van der Waals surface area contributed by atoms with E-state index < -0.39 is 23.0 Å². The highest BCUT2D eigenvalue weighted by Crippen LogP contribution is 2.22. The van der Waals surface area contributed by atoms with Crippen LogP contribution in [0, 0.1) is 0 Å². The van der Waals surface area contributed by atoms with Crippen LogP contribution in [0.1, 0.15) is 19.3 Å². The maximum Gasteiger partial charge on any atom is 0.302 e. The Balaban J connectivity index is 4.69. The molecule has 6 N–H and O–H groups in total. The first-order valence-electron chi connectivity index (χ1n) is 4.89. The molecule has 2 atom stereocenters. The summed E-state index contributed by atoms with van der Waals surface area (Å²) >= 11 is -2.51. The van der Waals surface area contributed by atoms with Crippen molar-refractivity contribution in [2.24, 2.45) is 5.73 Å². The summed E-state index contributed by atoms with van der Waals surface area (Å²) < 4.78 is 23.9. The second kappa shape index (κ2) is 8.07. The van der Waals surface area contributed by atoms with Crippen molar-refractivity contribution < 1.29 is 28.3 Å². The number of hydrogen-bond acceptors (Lipinski definition) is 6. The second-order valence-electron chi connectivity index (χ2n) is 3.49. The summed E-state index contributed by atoms with van der Waals surface area (Å²) in [6.45, 7) is -0.739. The number of hydrogen-bond donors (Lipinski definition) is 5. The minimum absolute atomic E-state index is 0.0583. The molecule has 0 heterocycles. The fraction of sp³-hybridized carbons (Fsp3) is 1.00. The van der Waals surface area contributed by atoms with Gasteiger partial charge in [0.2, 0.25) is 0 Å². The average Bonchev–Trinajstić information content (AvgIpc) is 2.17. The van der Waals surface area contributed by atoms with Gasteiger partial charge in [-0.2, -0.15) is 4.21 Å². The summed E-state index contributed by atoms with van der Waals surface area (Å²) in [4.78, 5) is 0.